The molecule has 6 heteroatoms. The van der Waals surface area contributed by atoms with Gasteiger partial charge in [0.25, 0.3) is 0 Å². The van der Waals surface area contributed by atoms with E-state index in [0.29, 0.717) is 19.6 Å². The number of anilines is 1. The zero-order valence-corrected chi connectivity index (χ0v) is 19.1. The van der Waals surface area contributed by atoms with Gasteiger partial charge in [-0.3, -0.25) is 9.69 Å². The van der Waals surface area contributed by atoms with E-state index in [1.807, 2.05) is 36.1 Å². The molecule has 2 heterocycles. The maximum Gasteiger partial charge on any atom is 0.227 e. The third-order valence-corrected chi connectivity index (χ3v) is 6.59. The molecule has 1 saturated heterocycles. The number of rotatable bonds is 4. The Balaban J connectivity index is 1.51. The van der Waals surface area contributed by atoms with Crippen LogP contribution in [0.15, 0.2) is 48.5 Å². The maximum absolute atomic E-state index is 12.9. The van der Waals surface area contributed by atoms with Gasteiger partial charge in [-0.15, -0.1) is 0 Å². The summed E-state index contributed by atoms with van der Waals surface area (Å²) in [6.07, 6.45) is 1.84. The zero-order valence-electron chi connectivity index (χ0n) is 19.1. The van der Waals surface area contributed by atoms with E-state index in [1.54, 1.807) is 0 Å². The Bertz CT molecular complexity index is 895. The molecule has 4 rings (SSSR count). The molecule has 0 saturated carbocycles. The fourth-order valence-corrected chi connectivity index (χ4v) is 4.64. The number of fused-ring (bicyclic) bond motifs is 1. The first-order chi connectivity index (χ1) is 15.6. The van der Waals surface area contributed by atoms with E-state index < -0.39 is 0 Å². The molecular weight excluding hydrogens is 402 g/mol. The first-order valence-electron chi connectivity index (χ1n) is 11.9. The molecule has 1 fully saturated rings. The molecule has 0 atom stereocenters. The number of hydrogen-bond acceptors (Lipinski definition) is 5. The molecule has 6 nitrogen and oxygen atoms in total. The Morgan fingerprint density at radius 2 is 1.72 bits per heavy atom. The second kappa shape index (κ2) is 10.8. The van der Waals surface area contributed by atoms with Gasteiger partial charge in [0.15, 0.2) is 0 Å². The average molecular weight is 438 g/mol. The van der Waals surface area contributed by atoms with E-state index in [9.17, 15) is 9.90 Å². The number of nitrogens with zero attached hydrogens (tertiary/aromatic N) is 3. The van der Waals surface area contributed by atoms with E-state index in [1.165, 1.54) is 11.3 Å². The molecule has 0 radical (unpaired) electrons. The summed E-state index contributed by atoms with van der Waals surface area (Å²) in [7, 11) is 0. The quantitative estimate of drug-likeness (QED) is 0.797. The van der Waals surface area contributed by atoms with Crippen LogP contribution in [0.25, 0.3) is 0 Å². The molecule has 0 unspecified atom stereocenters. The van der Waals surface area contributed by atoms with Crippen molar-refractivity contribution >= 4 is 11.6 Å². The van der Waals surface area contributed by atoms with Crippen LogP contribution in [0.3, 0.4) is 0 Å². The lowest BCUT2D eigenvalue weighted by Crippen LogP contribution is -2.40. The lowest BCUT2D eigenvalue weighted by molar-refractivity contribution is -0.130. The summed E-state index contributed by atoms with van der Waals surface area (Å²) in [6.45, 7) is 8.26. The van der Waals surface area contributed by atoms with Gasteiger partial charge < -0.3 is 19.6 Å². The topological polar surface area (TPSA) is 56.3 Å². The molecule has 1 N–H and O–H groups in total. The summed E-state index contributed by atoms with van der Waals surface area (Å²) in [5.41, 5.74) is 3.50. The lowest BCUT2D eigenvalue weighted by Gasteiger charge is -2.34. The molecule has 32 heavy (non-hydrogen) atoms. The smallest absolute Gasteiger partial charge is 0.227 e. The van der Waals surface area contributed by atoms with Crippen LogP contribution in [0.1, 0.15) is 30.9 Å². The number of aliphatic hydroxyl groups excluding tert-OH is 1. The lowest BCUT2D eigenvalue weighted by atomic mass is 10.0. The average Bonchev–Trinajstić information content (AvgIpc) is 2.83. The van der Waals surface area contributed by atoms with Crippen molar-refractivity contribution in [1.29, 1.82) is 0 Å². The van der Waals surface area contributed by atoms with Crippen molar-refractivity contribution in [2.45, 2.75) is 38.8 Å². The number of benzene rings is 2. The summed E-state index contributed by atoms with van der Waals surface area (Å²) in [6, 6.07) is 16.5. The van der Waals surface area contributed by atoms with Crippen molar-refractivity contribution in [3.63, 3.8) is 0 Å². The summed E-state index contributed by atoms with van der Waals surface area (Å²) in [5, 5.41) is 9.89. The highest BCUT2D eigenvalue weighted by molar-refractivity contribution is 5.79. The number of piperidine rings is 1. The summed E-state index contributed by atoms with van der Waals surface area (Å²) < 4.78 is 6.11. The minimum absolute atomic E-state index is 0.151. The van der Waals surface area contributed by atoms with Crippen LogP contribution < -0.4 is 9.64 Å². The number of para-hydroxylation sites is 2. The van der Waals surface area contributed by atoms with Gasteiger partial charge in [-0.05, 0) is 37.5 Å². The monoisotopic (exact) mass is 437 g/mol. The summed E-state index contributed by atoms with van der Waals surface area (Å²) >= 11 is 0. The molecule has 2 aliphatic rings. The van der Waals surface area contributed by atoms with E-state index in [4.69, 9.17) is 4.74 Å². The number of likely N-dealkylation sites (N-methyl/N-ethyl adjacent to an activating group) is 1. The van der Waals surface area contributed by atoms with E-state index >= 15 is 0 Å². The Hall–Kier alpha value is -2.57. The predicted molar refractivity (Wildman–Crippen MR) is 127 cm³/mol. The molecule has 0 spiro atoms. The fraction of sp³-hybridized carbons (Fsp3) is 0.500. The van der Waals surface area contributed by atoms with Gasteiger partial charge in [0.1, 0.15) is 12.4 Å². The fourth-order valence-electron chi connectivity index (χ4n) is 4.64. The summed E-state index contributed by atoms with van der Waals surface area (Å²) in [4.78, 5) is 19.6. The Labute approximate surface area is 191 Å². The van der Waals surface area contributed by atoms with Gasteiger partial charge in [0.2, 0.25) is 5.91 Å². The van der Waals surface area contributed by atoms with Crippen LogP contribution in [0, 0.1) is 0 Å². The largest absolute Gasteiger partial charge is 0.492 e. The number of hydrogen-bond donors (Lipinski definition) is 1. The highest BCUT2D eigenvalue weighted by Gasteiger charge is 2.22. The predicted octanol–water partition coefficient (Wildman–Crippen LogP) is 2.93. The molecule has 2 aliphatic heterocycles. The van der Waals surface area contributed by atoms with Crippen molar-refractivity contribution in [2.24, 2.45) is 0 Å². The second-order valence-corrected chi connectivity index (χ2v) is 8.73. The number of ether oxygens (including phenoxy) is 1. The minimum atomic E-state index is -0.179. The van der Waals surface area contributed by atoms with Gasteiger partial charge in [-0.1, -0.05) is 36.4 Å². The number of aliphatic hydroxyl groups is 1. The van der Waals surface area contributed by atoms with Crippen LogP contribution in [-0.2, 0) is 17.8 Å². The third kappa shape index (κ3) is 5.61. The first kappa shape index (κ1) is 22.6. The molecule has 172 valence electrons. The van der Waals surface area contributed by atoms with E-state index in [0.717, 1.165) is 63.4 Å². The maximum atomic E-state index is 12.9. The number of carbonyl (C=O) groups is 1. The van der Waals surface area contributed by atoms with Crippen LogP contribution in [0.4, 0.5) is 5.69 Å². The van der Waals surface area contributed by atoms with E-state index in [-0.39, 0.29) is 12.0 Å². The normalized spacial score (nSPS) is 19.2. The molecule has 0 aliphatic carbocycles. The van der Waals surface area contributed by atoms with Crippen LogP contribution in [0.2, 0.25) is 0 Å². The minimum Gasteiger partial charge on any atom is -0.492 e. The number of carbonyl (C=O) groups excluding carboxylic acids is 1. The molecule has 0 bridgehead atoms. The van der Waals surface area contributed by atoms with Gasteiger partial charge >= 0.3 is 0 Å². The molecule has 2 aromatic rings. The Morgan fingerprint density at radius 3 is 2.53 bits per heavy atom. The first-order valence-corrected chi connectivity index (χ1v) is 11.9. The van der Waals surface area contributed by atoms with Crippen LogP contribution in [-0.4, -0.2) is 72.8 Å². The van der Waals surface area contributed by atoms with Crippen LogP contribution in [0.5, 0.6) is 5.75 Å². The van der Waals surface area contributed by atoms with Crippen LogP contribution >= 0.6 is 0 Å². The van der Waals surface area contributed by atoms with Gasteiger partial charge in [-0.2, -0.15) is 0 Å². The standard InChI is InChI=1S/C26H35N3O3/c1-2-28-16-15-27(17-18-32-25-10-6-4-7-21(25)19-26(28)31)20-22-8-3-5-9-24(22)29-13-11-23(30)12-14-29/h3-10,23,30H,2,11-20H2,1H3. The van der Waals surface area contributed by atoms with Gasteiger partial charge in [-0.25, -0.2) is 0 Å². The van der Waals surface area contributed by atoms with Crippen molar-refractivity contribution in [3.05, 3.63) is 59.7 Å². The molecule has 1 amide bonds. The van der Waals surface area contributed by atoms with Crippen molar-refractivity contribution in [2.75, 3.05) is 50.8 Å². The van der Waals surface area contributed by atoms with Crippen molar-refractivity contribution in [3.8, 4) is 5.75 Å². The Kier molecular flexibility index (Phi) is 7.66. The SMILES string of the molecule is CCN1CCN(Cc2ccccc2N2CCC(O)CC2)CCOc2ccccc2CC1=O. The zero-order chi connectivity index (χ0) is 22.3. The van der Waals surface area contributed by atoms with Gasteiger partial charge in [0, 0.05) is 57.1 Å². The highest BCUT2D eigenvalue weighted by atomic mass is 16.5. The second-order valence-electron chi connectivity index (χ2n) is 8.73. The van der Waals surface area contributed by atoms with Crippen molar-refractivity contribution in [1.82, 2.24) is 9.80 Å². The third-order valence-electron chi connectivity index (χ3n) is 6.59. The van der Waals surface area contributed by atoms with Crippen molar-refractivity contribution < 1.29 is 14.6 Å². The van der Waals surface area contributed by atoms with Gasteiger partial charge in [0.05, 0.1) is 12.5 Å². The number of amides is 1. The van der Waals surface area contributed by atoms with E-state index in [2.05, 4.69) is 34.1 Å². The highest BCUT2D eigenvalue weighted by Crippen LogP contribution is 2.26. The molecular formula is C26H35N3O3. The summed E-state index contributed by atoms with van der Waals surface area (Å²) in [5.74, 6) is 0.962. The molecule has 0 aromatic heterocycles. The Morgan fingerprint density at radius 1 is 0.969 bits per heavy atom. The molecule has 2 aromatic carbocycles.